The van der Waals surface area contributed by atoms with Gasteiger partial charge in [-0.25, -0.2) is 8.78 Å². The van der Waals surface area contributed by atoms with Gasteiger partial charge in [-0.05, 0) is 42.2 Å². The van der Waals surface area contributed by atoms with Crippen LogP contribution < -0.4 is 5.32 Å². The largest absolute Gasteiger partial charge is 0.388 e. The highest BCUT2D eigenvalue weighted by Gasteiger charge is 2.16. The summed E-state index contributed by atoms with van der Waals surface area (Å²) in [6, 6.07) is 16.2. The Kier molecular flexibility index (Phi) is 4.84. The molecule has 0 bridgehead atoms. The molecule has 0 aromatic heterocycles. The van der Waals surface area contributed by atoms with E-state index in [4.69, 9.17) is 0 Å². The lowest BCUT2D eigenvalue weighted by Gasteiger charge is -2.14. The predicted octanol–water partition coefficient (Wildman–Crippen LogP) is 6.21. The van der Waals surface area contributed by atoms with E-state index in [-0.39, 0.29) is 11.6 Å². The number of hydrogen-bond acceptors (Lipinski definition) is 1. The Labute approximate surface area is 147 Å². The highest BCUT2D eigenvalue weighted by atomic mass is 19.1. The summed E-state index contributed by atoms with van der Waals surface area (Å²) in [6.07, 6.45) is 0.577. The van der Waals surface area contributed by atoms with Gasteiger partial charge in [0.15, 0.2) is 0 Å². The number of rotatable bonds is 4. The van der Waals surface area contributed by atoms with E-state index < -0.39 is 0 Å². The van der Waals surface area contributed by atoms with Crippen molar-refractivity contribution in [2.24, 2.45) is 0 Å². The van der Waals surface area contributed by atoms with Gasteiger partial charge in [0.05, 0.1) is 0 Å². The number of halogens is 2. The van der Waals surface area contributed by atoms with Crippen molar-refractivity contribution in [1.29, 1.82) is 0 Å². The molecule has 0 aliphatic carbocycles. The van der Waals surface area contributed by atoms with Crippen molar-refractivity contribution in [2.75, 3.05) is 12.4 Å². The summed E-state index contributed by atoms with van der Waals surface area (Å²) in [6.45, 7) is 3.86. The van der Waals surface area contributed by atoms with E-state index in [0.29, 0.717) is 34.4 Å². The predicted molar refractivity (Wildman–Crippen MR) is 101 cm³/mol. The Hall–Kier alpha value is -2.68. The summed E-state index contributed by atoms with van der Waals surface area (Å²) in [5.74, 6) is -0.646. The van der Waals surface area contributed by atoms with E-state index in [2.05, 4.69) is 5.32 Å². The zero-order chi connectivity index (χ0) is 18.0. The van der Waals surface area contributed by atoms with Crippen LogP contribution >= 0.6 is 0 Å². The Bertz CT molecular complexity index is 916. The first-order valence-corrected chi connectivity index (χ1v) is 8.41. The van der Waals surface area contributed by atoms with Gasteiger partial charge in [-0.3, -0.25) is 0 Å². The normalized spacial score (nSPS) is 10.8. The van der Waals surface area contributed by atoms with Gasteiger partial charge in [0.25, 0.3) is 0 Å². The van der Waals surface area contributed by atoms with Gasteiger partial charge in [0.2, 0.25) is 0 Å². The van der Waals surface area contributed by atoms with Crippen molar-refractivity contribution in [3.63, 3.8) is 0 Å². The van der Waals surface area contributed by atoms with Crippen LogP contribution in [0.1, 0.15) is 18.1 Å². The van der Waals surface area contributed by atoms with E-state index in [1.165, 1.54) is 6.07 Å². The van der Waals surface area contributed by atoms with Crippen molar-refractivity contribution in [1.82, 2.24) is 0 Å². The van der Waals surface area contributed by atoms with Crippen LogP contribution in [0.5, 0.6) is 0 Å². The van der Waals surface area contributed by atoms with Crippen molar-refractivity contribution < 1.29 is 8.78 Å². The first-order valence-electron chi connectivity index (χ1n) is 8.41. The second-order valence-corrected chi connectivity index (χ2v) is 6.07. The first kappa shape index (κ1) is 17.2. The summed E-state index contributed by atoms with van der Waals surface area (Å²) in [7, 11) is 1.75. The molecule has 3 heteroatoms. The third-order valence-electron chi connectivity index (χ3n) is 4.56. The summed E-state index contributed by atoms with van der Waals surface area (Å²) in [5.41, 5.74) is 4.62. The lowest BCUT2D eigenvalue weighted by atomic mass is 9.94. The maximum Gasteiger partial charge on any atom is 0.138 e. The minimum absolute atomic E-state index is 0.315. The summed E-state index contributed by atoms with van der Waals surface area (Å²) >= 11 is 0. The van der Waals surface area contributed by atoms with Gasteiger partial charge in [-0.2, -0.15) is 0 Å². The molecule has 1 nitrogen and oxygen atoms in total. The van der Waals surface area contributed by atoms with Gasteiger partial charge >= 0.3 is 0 Å². The van der Waals surface area contributed by atoms with Crippen LogP contribution in [0.4, 0.5) is 14.5 Å². The van der Waals surface area contributed by atoms with Crippen LogP contribution in [0.3, 0.4) is 0 Å². The number of aryl methyl sites for hydroxylation is 1. The molecule has 0 saturated carbocycles. The quantitative estimate of drug-likeness (QED) is 0.596. The van der Waals surface area contributed by atoms with Gasteiger partial charge in [0, 0.05) is 29.4 Å². The fourth-order valence-corrected chi connectivity index (χ4v) is 3.21. The van der Waals surface area contributed by atoms with E-state index in [0.717, 1.165) is 11.1 Å². The molecule has 0 atom stereocenters. The van der Waals surface area contributed by atoms with Crippen molar-refractivity contribution in [3.8, 4) is 22.3 Å². The second-order valence-electron chi connectivity index (χ2n) is 6.07. The van der Waals surface area contributed by atoms with Crippen molar-refractivity contribution in [2.45, 2.75) is 20.3 Å². The van der Waals surface area contributed by atoms with E-state index in [1.54, 1.807) is 19.2 Å². The highest BCUT2D eigenvalue weighted by molar-refractivity contribution is 5.77. The average molecular weight is 337 g/mol. The second kappa shape index (κ2) is 7.06. The molecule has 0 amide bonds. The zero-order valence-corrected chi connectivity index (χ0v) is 14.7. The molecule has 0 fully saturated rings. The Balaban J connectivity index is 2.19. The van der Waals surface area contributed by atoms with E-state index in [1.807, 2.05) is 50.2 Å². The maximum absolute atomic E-state index is 15.2. The SMILES string of the molecule is CCc1c(F)cc(-c2cccc(-c3ccccc3C)c2F)cc1NC. The van der Waals surface area contributed by atoms with Gasteiger partial charge in [-0.15, -0.1) is 0 Å². The number of hydrogen-bond donors (Lipinski definition) is 1. The Morgan fingerprint density at radius 3 is 2.24 bits per heavy atom. The maximum atomic E-state index is 15.2. The fourth-order valence-electron chi connectivity index (χ4n) is 3.21. The van der Waals surface area contributed by atoms with Gasteiger partial charge < -0.3 is 5.32 Å². The number of benzene rings is 3. The number of nitrogens with one attached hydrogen (secondary N) is 1. The molecule has 3 rings (SSSR count). The molecule has 0 heterocycles. The van der Waals surface area contributed by atoms with Crippen LogP contribution in [0.2, 0.25) is 0 Å². The summed E-state index contributed by atoms with van der Waals surface area (Å²) < 4.78 is 29.7. The minimum atomic E-state index is -0.331. The van der Waals surface area contributed by atoms with Crippen LogP contribution in [0.15, 0.2) is 54.6 Å². The molecular weight excluding hydrogens is 316 g/mol. The van der Waals surface area contributed by atoms with Crippen LogP contribution in [-0.4, -0.2) is 7.05 Å². The average Bonchev–Trinajstić information content (AvgIpc) is 2.62. The third-order valence-corrected chi connectivity index (χ3v) is 4.56. The smallest absolute Gasteiger partial charge is 0.138 e. The molecule has 1 N–H and O–H groups in total. The lowest BCUT2D eigenvalue weighted by Crippen LogP contribution is -2.00. The molecule has 128 valence electrons. The van der Waals surface area contributed by atoms with Crippen LogP contribution in [-0.2, 0) is 6.42 Å². The highest BCUT2D eigenvalue weighted by Crippen LogP contribution is 2.35. The Morgan fingerprint density at radius 2 is 1.56 bits per heavy atom. The third kappa shape index (κ3) is 3.14. The molecule has 25 heavy (non-hydrogen) atoms. The summed E-state index contributed by atoms with van der Waals surface area (Å²) in [4.78, 5) is 0. The van der Waals surface area contributed by atoms with E-state index in [9.17, 15) is 4.39 Å². The molecule has 0 radical (unpaired) electrons. The molecule has 3 aromatic rings. The number of anilines is 1. The van der Waals surface area contributed by atoms with Crippen LogP contribution in [0, 0.1) is 18.6 Å². The zero-order valence-electron chi connectivity index (χ0n) is 14.7. The first-order chi connectivity index (χ1) is 12.1. The molecular formula is C22H21F2N. The summed E-state index contributed by atoms with van der Waals surface area (Å²) in [5, 5.41) is 3.01. The molecule has 3 aromatic carbocycles. The van der Waals surface area contributed by atoms with Gasteiger partial charge in [-0.1, -0.05) is 49.4 Å². The van der Waals surface area contributed by atoms with Crippen molar-refractivity contribution in [3.05, 3.63) is 77.4 Å². The monoisotopic (exact) mass is 337 g/mol. The Morgan fingerprint density at radius 1 is 0.880 bits per heavy atom. The minimum Gasteiger partial charge on any atom is -0.388 e. The molecule has 0 saturated heterocycles. The molecule has 0 aliphatic heterocycles. The topological polar surface area (TPSA) is 12.0 Å². The molecule has 0 spiro atoms. The standard InChI is InChI=1S/C22H21F2N/c1-4-16-20(23)12-15(13-21(16)25-3)18-10-7-11-19(22(18)24)17-9-6-5-8-14(17)2/h5-13,25H,4H2,1-3H3. The van der Waals surface area contributed by atoms with Gasteiger partial charge in [0.1, 0.15) is 11.6 Å². The lowest BCUT2D eigenvalue weighted by molar-refractivity contribution is 0.612. The molecule has 0 unspecified atom stereocenters. The van der Waals surface area contributed by atoms with E-state index >= 15 is 4.39 Å². The molecule has 0 aliphatic rings. The van der Waals surface area contributed by atoms with Crippen LogP contribution in [0.25, 0.3) is 22.3 Å². The van der Waals surface area contributed by atoms with Crippen molar-refractivity contribution >= 4 is 5.69 Å². The fraction of sp³-hybridized carbons (Fsp3) is 0.182.